The van der Waals surface area contributed by atoms with Gasteiger partial charge in [-0.15, -0.1) is 11.3 Å². The molecule has 1 aromatic carbocycles. The van der Waals surface area contributed by atoms with E-state index in [0.29, 0.717) is 12.2 Å². The molecule has 1 amide bonds. The Morgan fingerprint density at radius 2 is 1.94 bits per heavy atom. The third kappa shape index (κ3) is 2.96. The maximum atomic E-state index is 12.0. The van der Waals surface area contributed by atoms with E-state index in [2.05, 4.69) is 36.2 Å². The molecule has 3 nitrogen and oxygen atoms in total. The molecule has 0 saturated carbocycles. The molecule has 0 atom stereocenters. The summed E-state index contributed by atoms with van der Waals surface area (Å²) in [6.45, 7) is 2.74. The van der Waals surface area contributed by atoms with Crippen LogP contribution in [-0.4, -0.2) is 22.8 Å². The molecule has 2 rings (SSSR count). The smallest absolute Gasteiger partial charge is 0.273 e. The van der Waals surface area contributed by atoms with Crippen molar-refractivity contribution in [1.82, 2.24) is 9.88 Å². The van der Waals surface area contributed by atoms with Crippen LogP contribution in [0.15, 0.2) is 35.2 Å². The molecule has 0 bridgehead atoms. The summed E-state index contributed by atoms with van der Waals surface area (Å²) in [6, 6.07) is 8.36. The molecule has 0 aliphatic rings. The number of amides is 1. The number of benzene rings is 1. The molecule has 4 heteroatoms. The lowest BCUT2D eigenvalue weighted by Crippen LogP contribution is -2.26. The largest absolute Gasteiger partial charge is 0.336 e. The standard InChI is InChI=1S/C14H16N2OS/c1-3-11-4-6-12(7-5-11)8-16(2)14(17)13-9-18-10-15-13/h4-7,9-10H,3,8H2,1-2H3. The zero-order chi connectivity index (χ0) is 13.0. The van der Waals surface area contributed by atoms with Gasteiger partial charge in [0.15, 0.2) is 0 Å². The molecule has 0 N–H and O–H groups in total. The second kappa shape index (κ2) is 5.78. The van der Waals surface area contributed by atoms with Crippen molar-refractivity contribution in [3.63, 3.8) is 0 Å². The van der Waals surface area contributed by atoms with Crippen LogP contribution in [-0.2, 0) is 13.0 Å². The van der Waals surface area contributed by atoms with Gasteiger partial charge in [0.25, 0.3) is 5.91 Å². The Morgan fingerprint density at radius 1 is 1.28 bits per heavy atom. The van der Waals surface area contributed by atoms with Crippen LogP contribution in [0.25, 0.3) is 0 Å². The van der Waals surface area contributed by atoms with Crippen molar-refractivity contribution in [2.24, 2.45) is 0 Å². The molecule has 0 radical (unpaired) electrons. The SMILES string of the molecule is CCc1ccc(CN(C)C(=O)c2cscn2)cc1. The van der Waals surface area contributed by atoms with Gasteiger partial charge in [-0.1, -0.05) is 31.2 Å². The summed E-state index contributed by atoms with van der Waals surface area (Å²) in [6.07, 6.45) is 1.04. The average molecular weight is 260 g/mol. The van der Waals surface area contributed by atoms with E-state index in [4.69, 9.17) is 0 Å². The van der Waals surface area contributed by atoms with Crippen LogP contribution in [0.2, 0.25) is 0 Å². The first kappa shape index (κ1) is 12.8. The number of hydrogen-bond donors (Lipinski definition) is 0. The number of aromatic nitrogens is 1. The third-order valence-corrected chi connectivity index (χ3v) is 3.44. The Kier molecular flexibility index (Phi) is 4.10. The predicted molar refractivity (Wildman–Crippen MR) is 73.7 cm³/mol. The number of thiazole rings is 1. The topological polar surface area (TPSA) is 33.2 Å². The summed E-state index contributed by atoms with van der Waals surface area (Å²) in [7, 11) is 1.80. The van der Waals surface area contributed by atoms with E-state index in [1.807, 2.05) is 0 Å². The second-order valence-electron chi connectivity index (χ2n) is 4.20. The molecule has 1 heterocycles. The van der Waals surface area contributed by atoms with Crippen molar-refractivity contribution in [3.8, 4) is 0 Å². The number of nitrogens with zero attached hydrogens (tertiary/aromatic N) is 2. The Balaban J connectivity index is 2.02. The molecule has 18 heavy (non-hydrogen) atoms. The lowest BCUT2D eigenvalue weighted by atomic mass is 10.1. The molecule has 0 spiro atoms. The molecule has 94 valence electrons. The Labute approximate surface area is 111 Å². The number of rotatable bonds is 4. The van der Waals surface area contributed by atoms with Crippen LogP contribution in [0.1, 0.15) is 28.5 Å². The van der Waals surface area contributed by atoms with E-state index in [9.17, 15) is 4.79 Å². The molecule has 2 aromatic rings. The maximum absolute atomic E-state index is 12.0. The van der Waals surface area contributed by atoms with Gasteiger partial charge in [0.1, 0.15) is 5.69 Å². The Bertz CT molecular complexity index is 505. The van der Waals surface area contributed by atoms with Gasteiger partial charge in [-0.05, 0) is 17.5 Å². The fourth-order valence-corrected chi connectivity index (χ4v) is 2.27. The summed E-state index contributed by atoms with van der Waals surface area (Å²) in [5.74, 6) is -0.0316. The minimum atomic E-state index is -0.0316. The maximum Gasteiger partial charge on any atom is 0.273 e. The number of carbonyl (C=O) groups excluding carboxylic acids is 1. The van der Waals surface area contributed by atoms with E-state index in [1.165, 1.54) is 16.9 Å². The molecule has 0 unspecified atom stereocenters. The summed E-state index contributed by atoms with van der Waals surface area (Å²) in [5, 5.41) is 1.78. The van der Waals surface area contributed by atoms with Gasteiger partial charge in [-0.2, -0.15) is 0 Å². The molecular weight excluding hydrogens is 244 g/mol. The van der Waals surface area contributed by atoms with E-state index < -0.39 is 0 Å². The van der Waals surface area contributed by atoms with Crippen molar-refractivity contribution in [1.29, 1.82) is 0 Å². The van der Waals surface area contributed by atoms with Gasteiger partial charge in [0.05, 0.1) is 5.51 Å². The first-order chi connectivity index (χ1) is 8.70. The van der Waals surface area contributed by atoms with E-state index in [0.717, 1.165) is 12.0 Å². The third-order valence-electron chi connectivity index (χ3n) is 2.85. The van der Waals surface area contributed by atoms with Gasteiger partial charge in [0.2, 0.25) is 0 Å². The highest BCUT2D eigenvalue weighted by Gasteiger charge is 2.13. The zero-order valence-corrected chi connectivity index (χ0v) is 11.4. The highest BCUT2D eigenvalue weighted by molar-refractivity contribution is 7.07. The lowest BCUT2D eigenvalue weighted by Gasteiger charge is -2.16. The summed E-state index contributed by atoms with van der Waals surface area (Å²) >= 11 is 1.44. The Hall–Kier alpha value is -1.68. The fourth-order valence-electron chi connectivity index (χ4n) is 1.74. The molecule has 0 fully saturated rings. The van der Waals surface area contributed by atoms with Crippen LogP contribution in [0, 0.1) is 0 Å². The number of hydrogen-bond acceptors (Lipinski definition) is 3. The minimum absolute atomic E-state index is 0.0316. The van der Waals surface area contributed by atoms with Crippen LogP contribution < -0.4 is 0 Å². The van der Waals surface area contributed by atoms with Crippen molar-refractivity contribution in [3.05, 3.63) is 52.0 Å². The van der Waals surface area contributed by atoms with Crippen molar-refractivity contribution in [2.75, 3.05) is 7.05 Å². The average Bonchev–Trinajstić information content (AvgIpc) is 2.92. The van der Waals surface area contributed by atoms with Crippen LogP contribution in [0.5, 0.6) is 0 Å². The van der Waals surface area contributed by atoms with Gasteiger partial charge in [0, 0.05) is 19.0 Å². The Morgan fingerprint density at radius 3 is 2.50 bits per heavy atom. The number of aryl methyl sites for hydroxylation is 1. The predicted octanol–water partition coefficient (Wildman–Crippen LogP) is 2.98. The molecule has 1 aromatic heterocycles. The fraction of sp³-hybridized carbons (Fsp3) is 0.286. The summed E-state index contributed by atoms with van der Waals surface area (Å²) < 4.78 is 0. The normalized spacial score (nSPS) is 10.3. The monoisotopic (exact) mass is 260 g/mol. The van der Waals surface area contributed by atoms with Gasteiger partial charge in [-0.25, -0.2) is 4.98 Å². The van der Waals surface area contributed by atoms with Crippen LogP contribution >= 0.6 is 11.3 Å². The summed E-state index contributed by atoms with van der Waals surface area (Å²) in [5.41, 5.74) is 4.65. The number of carbonyl (C=O) groups is 1. The zero-order valence-electron chi connectivity index (χ0n) is 10.6. The molecule has 0 saturated heterocycles. The van der Waals surface area contributed by atoms with Crippen LogP contribution in [0.4, 0.5) is 0 Å². The van der Waals surface area contributed by atoms with Crippen LogP contribution in [0.3, 0.4) is 0 Å². The minimum Gasteiger partial charge on any atom is -0.336 e. The quantitative estimate of drug-likeness (QED) is 0.846. The van der Waals surface area contributed by atoms with Crippen molar-refractivity contribution < 1.29 is 4.79 Å². The molecular formula is C14H16N2OS. The molecule has 0 aliphatic carbocycles. The van der Waals surface area contributed by atoms with Crippen molar-refractivity contribution >= 4 is 17.2 Å². The van der Waals surface area contributed by atoms with Crippen molar-refractivity contribution in [2.45, 2.75) is 19.9 Å². The molecule has 0 aliphatic heterocycles. The van der Waals surface area contributed by atoms with E-state index in [-0.39, 0.29) is 5.91 Å². The highest BCUT2D eigenvalue weighted by atomic mass is 32.1. The van der Waals surface area contributed by atoms with Gasteiger partial charge < -0.3 is 4.90 Å². The van der Waals surface area contributed by atoms with E-state index >= 15 is 0 Å². The first-order valence-electron chi connectivity index (χ1n) is 5.92. The highest BCUT2D eigenvalue weighted by Crippen LogP contribution is 2.10. The van der Waals surface area contributed by atoms with Gasteiger partial charge >= 0.3 is 0 Å². The lowest BCUT2D eigenvalue weighted by molar-refractivity contribution is 0.0780. The van der Waals surface area contributed by atoms with Gasteiger partial charge in [-0.3, -0.25) is 4.79 Å². The second-order valence-corrected chi connectivity index (χ2v) is 4.92. The first-order valence-corrected chi connectivity index (χ1v) is 6.86. The van der Waals surface area contributed by atoms with E-state index in [1.54, 1.807) is 22.8 Å². The summed E-state index contributed by atoms with van der Waals surface area (Å²) in [4.78, 5) is 17.7.